The van der Waals surface area contributed by atoms with Crippen molar-refractivity contribution in [3.63, 3.8) is 0 Å². The minimum atomic E-state index is 0.349. The van der Waals surface area contributed by atoms with Crippen LogP contribution in [0.25, 0.3) is 0 Å². The zero-order chi connectivity index (χ0) is 18.2. The van der Waals surface area contributed by atoms with Crippen LogP contribution in [0.3, 0.4) is 0 Å². The van der Waals surface area contributed by atoms with Crippen molar-refractivity contribution in [3.05, 3.63) is 71.7 Å². The van der Waals surface area contributed by atoms with Crippen molar-refractivity contribution in [1.82, 2.24) is 9.88 Å². The Morgan fingerprint density at radius 3 is 2.77 bits per heavy atom. The summed E-state index contributed by atoms with van der Waals surface area (Å²) < 4.78 is 0. The van der Waals surface area contributed by atoms with Gasteiger partial charge >= 0.3 is 0 Å². The molecule has 0 unspecified atom stereocenters. The number of nitrogens with zero attached hydrogens (tertiary/aromatic N) is 3. The number of aromatic nitrogens is 1. The van der Waals surface area contributed by atoms with E-state index in [0.29, 0.717) is 18.2 Å². The Balaban J connectivity index is 1.48. The second-order valence-electron chi connectivity index (χ2n) is 6.68. The molecule has 0 radical (unpaired) electrons. The van der Waals surface area contributed by atoms with Gasteiger partial charge in [0.2, 0.25) is 0 Å². The highest BCUT2D eigenvalue weighted by Crippen LogP contribution is 2.29. The molecule has 2 aromatic rings. The Bertz CT molecular complexity index is 750. The topological polar surface area (TPSA) is 74.7 Å². The summed E-state index contributed by atoms with van der Waals surface area (Å²) in [4.78, 5) is 11.1. The van der Waals surface area contributed by atoms with Crippen LogP contribution >= 0.6 is 0 Å². The molecule has 5 heteroatoms. The number of piperidine rings is 1. The van der Waals surface area contributed by atoms with Gasteiger partial charge in [0.15, 0.2) is 0 Å². The van der Waals surface area contributed by atoms with E-state index >= 15 is 0 Å². The van der Waals surface area contributed by atoms with Crippen molar-refractivity contribution < 1.29 is 5.11 Å². The van der Waals surface area contributed by atoms with Crippen molar-refractivity contribution in [3.8, 4) is 5.75 Å². The highest BCUT2D eigenvalue weighted by Gasteiger charge is 2.21. The monoisotopic (exact) mass is 350 g/mol. The summed E-state index contributed by atoms with van der Waals surface area (Å²) >= 11 is 0. The zero-order valence-electron chi connectivity index (χ0n) is 15.0. The van der Waals surface area contributed by atoms with Gasteiger partial charge in [-0.15, -0.1) is 0 Å². The molecule has 2 heterocycles. The maximum absolute atomic E-state index is 9.66. The Morgan fingerprint density at radius 1 is 1.23 bits per heavy atom. The minimum absolute atomic E-state index is 0.349. The van der Waals surface area contributed by atoms with E-state index in [4.69, 9.17) is 5.73 Å². The fourth-order valence-corrected chi connectivity index (χ4v) is 3.35. The number of aromatic hydroxyl groups is 1. The van der Waals surface area contributed by atoms with Gasteiger partial charge in [-0.3, -0.25) is 14.9 Å². The van der Waals surface area contributed by atoms with E-state index in [-0.39, 0.29) is 0 Å². The molecule has 136 valence electrons. The summed E-state index contributed by atoms with van der Waals surface area (Å²) in [5.74, 6) is 0.865. The number of likely N-dealkylation sites (tertiary alicyclic amines) is 1. The molecule has 0 spiro atoms. The maximum Gasteiger partial charge on any atom is 0.115 e. The van der Waals surface area contributed by atoms with Crippen molar-refractivity contribution >= 4 is 6.21 Å². The summed E-state index contributed by atoms with van der Waals surface area (Å²) in [6.07, 6.45) is 7.46. The summed E-state index contributed by atoms with van der Waals surface area (Å²) in [7, 11) is 0. The van der Waals surface area contributed by atoms with E-state index < -0.39 is 0 Å². The molecule has 1 aromatic carbocycles. The molecule has 26 heavy (non-hydrogen) atoms. The average molecular weight is 350 g/mol. The average Bonchev–Trinajstić information content (AvgIpc) is 2.68. The highest BCUT2D eigenvalue weighted by atomic mass is 16.3. The molecule has 1 aliphatic rings. The lowest BCUT2D eigenvalue weighted by atomic mass is 9.89. The molecule has 0 bridgehead atoms. The van der Waals surface area contributed by atoms with E-state index in [2.05, 4.69) is 20.9 Å². The molecule has 1 saturated heterocycles. The summed E-state index contributed by atoms with van der Waals surface area (Å²) in [5, 5.41) is 9.66. The highest BCUT2D eigenvalue weighted by molar-refractivity contribution is 5.78. The van der Waals surface area contributed by atoms with E-state index in [1.807, 2.05) is 36.5 Å². The number of phenols is 1. The van der Waals surface area contributed by atoms with Gasteiger partial charge in [-0.1, -0.05) is 18.2 Å². The number of aliphatic imine (C=N–C) groups is 1. The third kappa shape index (κ3) is 5.17. The van der Waals surface area contributed by atoms with Crippen LogP contribution in [0.4, 0.5) is 0 Å². The molecule has 1 aliphatic heterocycles. The van der Waals surface area contributed by atoms with Crippen LogP contribution in [0.2, 0.25) is 0 Å². The second-order valence-corrected chi connectivity index (χ2v) is 6.68. The van der Waals surface area contributed by atoms with Crippen molar-refractivity contribution in [1.29, 1.82) is 0 Å². The molecule has 3 N–H and O–H groups in total. The molecular weight excluding hydrogens is 324 g/mol. The lowest BCUT2D eigenvalue weighted by Crippen LogP contribution is -2.34. The van der Waals surface area contributed by atoms with Gasteiger partial charge in [-0.05, 0) is 73.5 Å². The predicted molar refractivity (Wildman–Crippen MR) is 105 cm³/mol. The van der Waals surface area contributed by atoms with Gasteiger partial charge in [0.25, 0.3) is 0 Å². The van der Waals surface area contributed by atoms with Crippen LogP contribution in [0, 0.1) is 0 Å². The lowest BCUT2D eigenvalue weighted by molar-refractivity contribution is 0.230. The maximum atomic E-state index is 9.66. The molecule has 1 fully saturated rings. The molecule has 0 aliphatic carbocycles. The fourth-order valence-electron chi connectivity index (χ4n) is 3.35. The van der Waals surface area contributed by atoms with Gasteiger partial charge in [-0.25, -0.2) is 0 Å². The third-order valence-corrected chi connectivity index (χ3v) is 4.79. The molecule has 0 atom stereocenters. The second kappa shape index (κ2) is 9.15. The summed E-state index contributed by atoms with van der Waals surface area (Å²) in [5.41, 5.74) is 8.99. The normalized spacial score (nSPS) is 17.0. The van der Waals surface area contributed by atoms with Crippen molar-refractivity contribution in [2.75, 3.05) is 19.6 Å². The van der Waals surface area contributed by atoms with E-state index in [9.17, 15) is 5.11 Å². The molecule has 1 aromatic heterocycles. The number of hydrogen-bond donors (Lipinski definition) is 2. The zero-order valence-corrected chi connectivity index (χ0v) is 15.0. The number of phenolic OH excluding ortho intramolecular Hbond substituents is 1. The first-order chi connectivity index (χ1) is 12.7. The smallest absolute Gasteiger partial charge is 0.115 e. The van der Waals surface area contributed by atoms with Gasteiger partial charge in [-0.2, -0.15) is 0 Å². The Hall–Kier alpha value is -2.66. The van der Waals surface area contributed by atoms with Crippen molar-refractivity contribution in [2.24, 2.45) is 10.7 Å². The quantitative estimate of drug-likeness (QED) is 0.785. The Kier molecular flexibility index (Phi) is 6.39. The number of rotatable bonds is 6. The van der Waals surface area contributed by atoms with E-state index in [1.54, 1.807) is 18.5 Å². The first kappa shape index (κ1) is 18.1. The molecule has 0 amide bonds. The van der Waals surface area contributed by atoms with Gasteiger partial charge in [0, 0.05) is 19.0 Å². The largest absolute Gasteiger partial charge is 0.508 e. The molecular formula is C21H26N4O. The van der Waals surface area contributed by atoms with Crippen LogP contribution in [-0.2, 0) is 6.54 Å². The number of hydrogen-bond acceptors (Lipinski definition) is 5. The SMILES string of the molecule is NC=C(C=NCc1ccccn1)CN1CCC(c2cccc(O)c2)CC1. The third-order valence-electron chi connectivity index (χ3n) is 4.79. The van der Waals surface area contributed by atoms with Gasteiger partial charge in [0.1, 0.15) is 5.75 Å². The molecule has 0 saturated carbocycles. The predicted octanol–water partition coefficient (Wildman–Crippen LogP) is 3.08. The van der Waals surface area contributed by atoms with Gasteiger partial charge < -0.3 is 10.8 Å². The van der Waals surface area contributed by atoms with E-state index in [0.717, 1.165) is 43.7 Å². The number of nitrogens with two attached hydrogens (primary N) is 1. The van der Waals surface area contributed by atoms with Crippen molar-refractivity contribution in [2.45, 2.75) is 25.3 Å². The van der Waals surface area contributed by atoms with Crippen LogP contribution in [-0.4, -0.2) is 40.8 Å². The van der Waals surface area contributed by atoms with E-state index in [1.165, 1.54) is 5.56 Å². The number of benzene rings is 1. The summed E-state index contributed by atoms with van der Waals surface area (Å²) in [6.45, 7) is 3.42. The standard InChI is InChI=1S/C21H26N4O/c22-13-17(14-23-15-20-5-1-2-9-24-20)16-25-10-7-18(8-11-25)19-4-3-6-21(26)12-19/h1-6,9,12-14,18,26H,7-8,10-11,15-16,22H2. The fraction of sp³-hybridized carbons (Fsp3) is 0.333. The molecule has 3 rings (SSSR count). The number of pyridine rings is 1. The Labute approximate surface area is 154 Å². The van der Waals surface area contributed by atoms with Crippen LogP contribution in [0.5, 0.6) is 5.75 Å². The lowest BCUT2D eigenvalue weighted by Gasteiger charge is -2.32. The Morgan fingerprint density at radius 2 is 2.08 bits per heavy atom. The minimum Gasteiger partial charge on any atom is -0.508 e. The van der Waals surface area contributed by atoms with Crippen LogP contribution in [0.15, 0.2) is 65.4 Å². The first-order valence-corrected chi connectivity index (χ1v) is 9.06. The molecule has 5 nitrogen and oxygen atoms in total. The van der Waals surface area contributed by atoms with Crippen LogP contribution in [0.1, 0.15) is 30.0 Å². The first-order valence-electron chi connectivity index (χ1n) is 9.06. The summed E-state index contributed by atoms with van der Waals surface area (Å²) in [6, 6.07) is 13.5. The van der Waals surface area contributed by atoms with Crippen LogP contribution < -0.4 is 5.73 Å². The van der Waals surface area contributed by atoms with Gasteiger partial charge in [0.05, 0.1) is 12.2 Å².